The molecule has 0 bridgehead atoms. The van der Waals surface area contributed by atoms with E-state index in [1.54, 1.807) is 24.1 Å². The van der Waals surface area contributed by atoms with Gasteiger partial charge in [0.2, 0.25) is 17.7 Å². The number of aliphatic carboxylic acids is 1. The van der Waals surface area contributed by atoms with Crippen LogP contribution in [0.4, 0.5) is 20.2 Å². The van der Waals surface area contributed by atoms with Crippen molar-refractivity contribution in [3.05, 3.63) is 60.2 Å². The molecule has 0 radical (unpaired) electrons. The molecule has 2 unspecified atom stereocenters. The van der Waals surface area contributed by atoms with Gasteiger partial charge in [-0.1, -0.05) is 12.1 Å². The Morgan fingerprint density at radius 3 is 1.72 bits per heavy atom. The van der Waals surface area contributed by atoms with E-state index < -0.39 is 23.6 Å². The summed E-state index contributed by atoms with van der Waals surface area (Å²) in [5.74, 6) is -2.38. The van der Waals surface area contributed by atoms with Crippen LogP contribution in [0.15, 0.2) is 48.5 Å². The number of hydrogen-bond acceptors (Lipinski definition) is 6. The summed E-state index contributed by atoms with van der Waals surface area (Å²) in [7, 11) is 1.59. The highest BCUT2D eigenvalue weighted by atomic mass is 19.1. The maximum Gasteiger partial charge on any atom is 0.320 e. The Morgan fingerprint density at radius 1 is 0.821 bits per heavy atom. The van der Waals surface area contributed by atoms with Crippen molar-refractivity contribution in [2.75, 3.05) is 43.9 Å². The largest absolute Gasteiger partial charge is 0.480 e. The molecule has 3 amide bonds. The summed E-state index contributed by atoms with van der Waals surface area (Å²) in [4.78, 5) is 49.8. The third-order valence-electron chi connectivity index (χ3n) is 6.47. The van der Waals surface area contributed by atoms with Crippen LogP contribution in [0.3, 0.4) is 0 Å². The zero-order chi connectivity index (χ0) is 28.4. The van der Waals surface area contributed by atoms with Crippen molar-refractivity contribution >= 4 is 35.1 Å². The second-order valence-electron chi connectivity index (χ2n) is 9.33. The van der Waals surface area contributed by atoms with Crippen LogP contribution < -0.4 is 16.0 Å². The average Bonchev–Trinajstić information content (AvgIpc) is 3.53. The maximum absolute atomic E-state index is 13.0. The van der Waals surface area contributed by atoms with E-state index in [0.717, 1.165) is 19.3 Å². The molecule has 2 aromatic rings. The monoisotopic (exact) mass is 545 g/mol. The van der Waals surface area contributed by atoms with Crippen LogP contribution >= 0.6 is 0 Å². The van der Waals surface area contributed by atoms with Gasteiger partial charge in [0.05, 0.1) is 19.1 Å². The predicted octanol–water partition coefficient (Wildman–Crippen LogP) is 2.29. The Balaban J connectivity index is 0.000000216. The molecule has 12 heteroatoms. The first-order valence-electron chi connectivity index (χ1n) is 12.7. The summed E-state index contributed by atoms with van der Waals surface area (Å²) in [6.07, 6.45) is 2.98. The first-order chi connectivity index (χ1) is 18.7. The summed E-state index contributed by atoms with van der Waals surface area (Å²) in [6.45, 7) is 1.45. The molecule has 210 valence electrons. The molecule has 0 spiro atoms. The lowest BCUT2D eigenvalue weighted by atomic mass is 10.2. The van der Waals surface area contributed by atoms with E-state index in [2.05, 4.69) is 16.0 Å². The maximum atomic E-state index is 13.0. The molecule has 2 aromatic carbocycles. The Bertz CT molecular complexity index is 1180. The van der Waals surface area contributed by atoms with Gasteiger partial charge in [0, 0.05) is 18.4 Å². The molecule has 2 fully saturated rings. The van der Waals surface area contributed by atoms with Gasteiger partial charge in [-0.25, -0.2) is 8.78 Å². The quantitative estimate of drug-likeness (QED) is 0.400. The number of halogens is 2. The summed E-state index contributed by atoms with van der Waals surface area (Å²) < 4.78 is 26.0. The number of likely N-dealkylation sites (tertiary alicyclic amines) is 2. The zero-order valence-electron chi connectivity index (χ0n) is 21.7. The number of carbonyl (C=O) groups is 4. The summed E-state index contributed by atoms with van der Waals surface area (Å²) in [6, 6.07) is 10.5. The fourth-order valence-electron chi connectivity index (χ4n) is 4.68. The lowest BCUT2D eigenvalue weighted by Gasteiger charge is -2.22. The summed E-state index contributed by atoms with van der Waals surface area (Å²) >= 11 is 0. The van der Waals surface area contributed by atoms with Crippen molar-refractivity contribution < 1.29 is 33.1 Å². The van der Waals surface area contributed by atoms with Crippen LogP contribution in [0.5, 0.6) is 0 Å². The van der Waals surface area contributed by atoms with Gasteiger partial charge in [0.1, 0.15) is 17.7 Å². The topological polar surface area (TPSA) is 131 Å². The number of anilines is 2. The number of carboxylic acid groups (broad SMARTS) is 1. The molecule has 39 heavy (non-hydrogen) atoms. The van der Waals surface area contributed by atoms with Crippen LogP contribution in [0.25, 0.3) is 0 Å². The van der Waals surface area contributed by atoms with E-state index in [-0.39, 0.29) is 36.9 Å². The minimum Gasteiger partial charge on any atom is -0.480 e. The smallest absolute Gasteiger partial charge is 0.320 e. The molecule has 0 aromatic heterocycles. The average molecular weight is 546 g/mol. The van der Waals surface area contributed by atoms with Gasteiger partial charge in [-0.3, -0.25) is 29.0 Å². The van der Waals surface area contributed by atoms with E-state index in [9.17, 15) is 28.0 Å². The normalized spacial score (nSPS) is 19.1. The molecule has 0 aliphatic carbocycles. The van der Waals surface area contributed by atoms with Crippen LogP contribution in [0.1, 0.15) is 25.7 Å². The Morgan fingerprint density at radius 2 is 1.28 bits per heavy atom. The highest BCUT2D eigenvalue weighted by Gasteiger charge is 2.32. The van der Waals surface area contributed by atoms with Crippen LogP contribution in [-0.4, -0.2) is 83.9 Å². The van der Waals surface area contributed by atoms with E-state index in [1.165, 1.54) is 36.4 Å². The van der Waals surface area contributed by atoms with Crippen LogP contribution in [0.2, 0.25) is 0 Å². The predicted molar refractivity (Wildman–Crippen MR) is 141 cm³/mol. The van der Waals surface area contributed by atoms with Crippen molar-refractivity contribution in [1.82, 2.24) is 15.1 Å². The van der Waals surface area contributed by atoms with E-state index >= 15 is 0 Å². The highest BCUT2D eigenvalue weighted by Crippen LogP contribution is 2.18. The van der Waals surface area contributed by atoms with Crippen molar-refractivity contribution in [2.24, 2.45) is 0 Å². The fourth-order valence-corrected chi connectivity index (χ4v) is 4.68. The Kier molecular flexibility index (Phi) is 10.9. The molecular formula is C27H33F2N5O5. The van der Waals surface area contributed by atoms with Gasteiger partial charge >= 0.3 is 5.97 Å². The number of rotatable bonds is 8. The molecule has 0 saturated carbocycles. The number of hydrogen-bond donors (Lipinski definition) is 4. The molecule has 2 heterocycles. The van der Waals surface area contributed by atoms with Gasteiger partial charge in [0.25, 0.3) is 0 Å². The third kappa shape index (κ3) is 9.11. The number of likely N-dealkylation sites (N-methyl/N-ethyl adjacent to an activating group) is 1. The van der Waals surface area contributed by atoms with Crippen LogP contribution in [0, 0.1) is 11.6 Å². The first kappa shape index (κ1) is 29.7. The summed E-state index contributed by atoms with van der Waals surface area (Å²) in [5, 5.41) is 16.8. The molecule has 2 aliphatic rings. The molecule has 2 saturated heterocycles. The van der Waals surface area contributed by atoms with Crippen molar-refractivity contribution in [3.63, 3.8) is 0 Å². The number of carboxylic acids is 1. The van der Waals surface area contributed by atoms with Crippen molar-refractivity contribution in [1.29, 1.82) is 0 Å². The molecular weight excluding hydrogens is 512 g/mol. The van der Waals surface area contributed by atoms with Gasteiger partial charge < -0.3 is 21.1 Å². The second kappa shape index (κ2) is 14.3. The van der Waals surface area contributed by atoms with Gasteiger partial charge in [-0.15, -0.1) is 0 Å². The van der Waals surface area contributed by atoms with Crippen molar-refractivity contribution in [3.8, 4) is 0 Å². The molecule has 4 rings (SSSR count). The lowest BCUT2D eigenvalue weighted by molar-refractivity contribution is -0.142. The fraction of sp³-hybridized carbons (Fsp3) is 0.407. The van der Waals surface area contributed by atoms with E-state index in [1.807, 2.05) is 4.90 Å². The van der Waals surface area contributed by atoms with Gasteiger partial charge in [-0.2, -0.15) is 0 Å². The third-order valence-corrected chi connectivity index (χ3v) is 6.47. The number of carbonyl (C=O) groups excluding carboxylic acids is 3. The van der Waals surface area contributed by atoms with Gasteiger partial charge in [-0.05, 0) is 75.2 Å². The zero-order valence-corrected chi connectivity index (χ0v) is 21.7. The minimum absolute atomic E-state index is 0.00742. The lowest BCUT2D eigenvalue weighted by Crippen LogP contribution is -2.45. The van der Waals surface area contributed by atoms with Crippen molar-refractivity contribution in [2.45, 2.75) is 37.8 Å². The second-order valence-corrected chi connectivity index (χ2v) is 9.33. The Labute approximate surface area is 225 Å². The highest BCUT2D eigenvalue weighted by molar-refractivity contribution is 5.93. The molecule has 2 atom stereocenters. The molecule has 2 aliphatic heterocycles. The number of nitrogens with zero attached hydrogens (tertiary/aromatic N) is 2. The Hall–Kier alpha value is -3.90. The number of benzene rings is 2. The van der Waals surface area contributed by atoms with Crippen LogP contribution in [-0.2, 0) is 19.2 Å². The number of nitrogens with one attached hydrogen (secondary N) is 3. The minimum atomic E-state index is -0.906. The van der Waals surface area contributed by atoms with Gasteiger partial charge in [0.15, 0.2) is 0 Å². The number of amides is 3. The summed E-state index contributed by atoms with van der Waals surface area (Å²) in [5.41, 5.74) is 0.793. The SMILES string of the molecule is CNC(=O)C1CCCN1CC(=O)Nc1cccc(F)c1.O=C(CN1CCCC1C(=O)O)Nc1cccc(F)c1. The molecule has 10 nitrogen and oxygen atoms in total. The standard InChI is InChI=1S/C14H18FN3O2.C13H15FN2O3/c1-16-14(20)12-6-3-7-18(12)9-13(19)17-11-5-2-4-10(15)8-11;14-9-3-1-4-10(7-9)15-12(17)8-16-6-2-5-11(16)13(18)19/h2,4-5,8,12H,3,6-7,9H2,1H3,(H,16,20)(H,17,19);1,3-4,7,11H,2,5-6,8H2,(H,15,17)(H,18,19). The molecule has 4 N–H and O–H groups in total. The van der Waals surface area contributed by atoms with E-state index in [4.69, 9.17) is 5.11 Å². The first-order valence-corrected chi connectivity index (χ1v) is 12.7. The van der Waals surface area contributed by atoms with E-state index in [0.29, 0.717) is 30.9 Å².